The molecule has 1 amide bonds. The van der Waals surface area contributed by atoms with E-state index in [0.717, 1.165) is 0 Å². The van der Waals surface area contributed by atoms with E-state index >= 15 is 0 Å². The SMILES string of the molecule is [2H]NC(=O)CC. The summed E-state index contributed by atoms with van der Waals surface area (Å²) in [5, 5.41) is 0. The van der Waals surface area contributed by atoms with Gasteiger partial charge >= 0.3 is 0 Å². The van der Waals surface area contributed by atoms with E-state index in [4.69, 9.17) is 1.41 Å². The van der Waals surface area contributed by atoms with E-state index in [9.17, 15) is 4.79 Å². The summed E-state index contributed by atoms with van der Waals surface area (Å²) in [5.74, 6) is -0.241. The fraction of sp³-hybridized carbons (Fsp3) is 0.667. The van der Waals surface area contributed by atoms with Crippen LogP contribution in [0.15, 0.2) is 0 Å². The second kappa shape index (κ2) is 1.76. The summed E-state index contributed by atoms with van der Waals surface area (Å²) in [6, 6.07) is 0. The summed E-state index contributed by atoms with van der Waals surface area (Å²) < 4.78 is 6.21. The Morgan fingerprint density at radius 1 is 2.40 bits per heavy atom. The van der Waals surface area contributed by atoms with Crippen LogP contribution in [0.5, 0.6) is 0 Å². The highest BCUT2D eigenvalue weighted by Crippen LogP contribution is 1.63. The molecule has 5 heavy (non-hydrogen) atoms. The molecule has 0 aliphatic heterocycles. The third-order valence-corrected chi connectivity index (χ3v) is 0.321. The molecule has 0 bridgehead atoms. The van der Waals surface area contributed by atoms with Crippen molar-refractivity contribution in [2.75, 3.05) is 0 Å². The van der Waals surface area contributed by atoms with Crippen LogP contribution in [-0.4, -0.2) is 5.91 Å². The zero-order chi connectivity index (χ0) is 4.99. The number of rotatable bonds is 1. The monoisotopic (exact) mass is 74.1 g/mol. The van der Waals surface area contributed by atoms with Crippen molar-refractivity contribution in [3.8, 4) is 0 Å². The fourth-order valence-corrected chi connectivity index (χ4v) is 0. The standard InChI is InChI=1S/C3H7NO/c1-2-3(4)5/h2H2,1H3,(H2,4,5)/i/hD. The Morgan fingerprint density at radius 3 is 3.00 bits per heavy atom. The molecule has 0 aromatic carbocycles. The number of amides is 1. The number of carbonyl (C=O) groups is 1. The largest absolute Gasteiger partial charge is 0.370 e. The molecular formula is C3H7NO. The van der Waals surface area contributed by atoms with E-state index in [-0.39, 0.29) is 5.91 Å². The smallest absolute Gasteiger partial charge is 0.217 e. The second-order valence-corrected chi connectivity index (χ2v) is 0.777. The third-order valence-electron chi connectivity index (χ3n) is 0.321. The van der Waals surface area contributed by atoms with Gasteiger partial charge in [-0.25, -0.2) is 0 Å². The maximum atomic E-state index is 9.88. The van der Waals surface area contributed by atoms with Gasteiger partial charge in [0.25, 0.3) is 0 Å². The maximum absolute atomic E-state index is 9.88. The van der Waals surface area contributed by atoms with Crippen LogP contribution in [0.3, 0.4) is 0 Å². The number of primary amides is 1. The lowest BCUT2D eigenvalue weighted by Crippen LogP contribution is -2.06. The Morgan fingerprint density at radius 2 is 3.00 bits per heavy atom. The van der Waals surface area contributed by atoms with Gasteiger partial charge in [-0.05, 0) is 0 Å². The van der Waals surface area contributed by atoms with Gasteiger partial charge in [-0.1, -0.05) is 6.92 Å². The molecule has 2 N–H and O–H groups in total. The van der Waals surface area contributed by atoms with Gasteiger partial charge in [0.05, 0.1) is 0 Å². The van der Waals surface area contributed by atoms with Crippen molar-refractivity contribution >= 4 is 5.91 Å². The van der Waals surface area contributed by atoms with E-state index < -0.39 is 0 Å². The first-order valence-corrected chi connectivity index (χ1v) is 1.51. The summed E-state index contributed by atoms with van der Waals surface area (Å²) in [5.41, 5.74) is 1.73. The Kier molecular flexibility index (Phi) is 0.947. The highest BCUT2D eigenvalue weighted by molar-refractivity contribution is 5.73. The van der Waals surface area contributed by atoms with Crippen molar-refractivity contribution < 1.29 is 6.21 Å². The molecule has 2 heteroatoms. The minimum absolute atomic E-state index is 0.241. The predicted molar refractivity (Wildman–Crippen MR) is 19.5 cm³/mol. The fourth-order valence-electron chi connectivity index (χ4n) is 0. The number of carbonyl (C=O) groups excluding carboxylic acids is 1. The molecule has 0 saturated carbocycles. The number of hydrogen-bond acceptors (Lipinski definition) is 1. The lowest BCUT2D eigenvalue weighted by molar-refractivity contribution is -0.117. The molecule has 0 fully saturated rings. The van der Waals surface area contributed by atoms with Gasteiger partial charge in [0, 0.05) is 6.42 Å². The molecule has 0 heterocycles. The van der Waals surface area contributed by atoms with E-state index in [2.05, 4.69) is 0 Å². The second-order valence-electron chi connectivity index (χ2n) is 0.777. The van der Waals surface area contributed by atoms with E-state index in [0.29, 0.717) is 6.42 Å². The minimum Gasteiger partial charge on any atom is -0.370 e. The third kappa shape index (κ3) is 3.47. The highest BCUT2D eigenvalue weighted by atomic mass is 16.1. The van der Waals surface area contributed by atoms with Crippen LogP contribution < -0.4 is 5.73 Å². The van der Waals surface area contributed by atoms with Crippen LogP contribution >= 0.6 is 0 Å². The van der Waals surface area contributed by atoms with Crippen LogP contribution in [0, 0.1) is 0 Å². The molecule has 0 atom stereocenters. The van der Waals surface area contributed by atoms with Crippen LogP contribution in [0.1, 0.15) is 13.3 Å². The van der Waals surface area contributed by atoms with Gasteiger partial charge in [0.15, 0.2) is 1.41 Å². The van der Waals surface area contributed by atoms with Gasteiger partial charge in [0.2, 0.25) is 5.91 Å². The van der Waals surface area contributed by atoms with Gasteiger partial charge in [0.1, 0.15) is 0 Å². The Hall–Kier alpha value is -0.530. The van der Waals surface area contributed by atoms with Crippen molar-refractivity contribution in [3.05, 3.63) is 0 Å². The molecule has 0 aliphatic carbocycles. The normalized spacial score (nSPS) is 9.40. The molecule has 0 aromatic heterocycles. The van der Waals surface area contributed by atoms with Gasteiger partial charge in [-0.3, -0.25) is 4.79 Å². The van der Waals surface area contributed by atoms with Crippen molar-refractivity contribution in [1.29, 1.82) is 0 Å². The average molecular weight is 74.1 g/mol. The lowest BCUT2D eigenvalue weighted by atomic mass is 10.5. The van der Waals surface area contributed by atoms with Gasteiger partial charge in [-0.15, -0.1) is 0 Å². The minimum atomic E-state index is -0.241. The average Bonchev–Trinajstić information content (AvgIpc) is 1.65. The Bertz CT molecular complexity index is 48.8. The van der Waals surface area contributed by atoms with Crippen LogP contribution in [0.25, 0.3) is 0 Å². The number of hydrogen-bond donors (Lipinski definition) is 1. The topological polar surface area (TPSA) is 43.1 Å². The Labute approximate surface area is 32.4 Å². The van der Waals surface area contributed by atoms with E-state index in [1.807, 2.05) is 0 Å². The zero-order valence-corrected chi connectivity index (χ0v) is 3.12. The molecule has 2 nitrogen and oxygen atoms in total. The molecule has 0 rings (SSSR count). The quantitative estimate of drug-likeness (QED) is 0.463. The molecule has 0 radical (unpaired) electrons. The van der Waals surface area contributed by atoms with Crippen LogP contribution in [0.2, 0.25) is 1.41 Å². The first kappa shape index (κ1) is 2.69. The summed E-state index contributed by atoms with van der Waals surface area (Å²) in [7, 11) is 0. The predicted octanol–water partition coefficient (Wildman–Crippen LogP) is -0.118. The first-order chi connectivity index (χ1) is 2.81. The molecule has 0 unspecified atom stereocenters. The summed E-state index contributed by atoms with van der Waals surface area (Å²) >= 11 is 0. The molecule has 0 saturated heterocycles. The van der Waals surface area contributed by atoms with Gasteiger partial charge in [-0.2, -0.15) is 0 Å². The van der Waals surface area contributed by atoms with E-state index in [1.54, 1.807) is 12.7 Å². The van der Waals surface area contributed by atoms with Crippen molar-refractivity contribution in [2.45, 2.75) is 13.3 Å². The molecular weight excluding hydrogens is 66.0 g/mol. The number of nitrogens with two attached hydrogens (primary N) is 1. The zero-order valence-electron chi connectivity index (χ0n) is 4.12. The van der Waals surface area contributed by atoms with Crippen LogP contribution in [-0.2, 0) is 4.79 Å². The summed E-state index contributed by atoms with van der Waals surface area (Å²) in [6.45, 7) is 1.70. The molecule has 0 spiro atoms. The molecule has 0 aliphatic rings. The van der Waals surface area contributed by atoms with E-state index in [1.165, 1.54) is 0 Å². The maximum Gasteiger partial charge on any atom is 0.217 e. The van der Waals surface area contributed by atoms with Crippen molar-refractivity contribution in [2.24, 2.45) is 5.73 Å². The Balaban J connectivity index is 2.99. The molecule has 0 aromatic rings. The van der Waals surface area contributed by atoms with Gasteiger partial charge < -0.3 is 5.73 Å². The lowest BCUT2D eigenvalue weighted by Gasteiger charge is -1.73. The van der Waals surface area contributed by atoms with Crippen molar-refractivity contribution in [3.63, 3.8) is 0 Å². The van der Waals surface area contributed by atoms with Crippen molar-refractivity contribution in [1.82, 2.24) is 0 Å². The summed E-state index contributed by atoms with van der Waals surface area (Å²) in [4.78, 5) is 9.88. The first-order valence-electron chi connectivity index (χ1n) is 2.01. The van der Waals surface area contributed by atoms with Crippen LogP contribution in [0.4, 0.5) is 0 Å². The summed E-state index contributed by atoms with van der Waals surface area (Å²) in [6.07, 6.45) is 0.392. The molecule has 30 valence electrons. The highest BCUT2D eigenvalue weighted by Gasteiger charge is 1.77.